The normalized spacial score (nSPS) is 12.6. The fraction of sp³-hybridized carbons (Fsp3) is 0.385. The summed E-state index contributed by atoms with van der Waals surface area (Å²) in [6.07, 6.45) is 0.819. The molecule has 1 aromatic carbocycles. The molecule has 5 nitrogen and oxygen atoms in total. The van der Waals surface area contributed by atoms with Crippen LogP contribution in [0.3, 0.4) is 0 Å². The van der Waals surface area contributed by atoms with Gasteiger partial charge in [-0.2, -0.15) is 0 Å². The lowest BCUT2D eigenvalue weighted by atomic mass is 10.2. The van der Waals surface area contributed by atoms with Crippen molar-refractivity contribution in [1.82, 2.24) is 14.9 Å². The van der Waals surface area contributed by atoms with Gasteiger partial charge in [0, 0.05) is 6.04 Å². The number of H-pyrrole nitrogens is 1. The first-order valence-corrected chi connectivity index (χ1v) is 6.18. The summed E-state index contributed by atoms with van der Waals surface area (Å²) in [5.41, 5.74) is 0.493. The Morgan fingerprint density at radius 1 is 1.53 bits per heavy atom. The van der Waals surface area contributed by atoms with Crippen LogP contribution in [-0.4, -0.2) is 21.5 Å². The van der Waals surface area contributed by atoms with Gasteiger partial charge in [0.1, 0.15) is 12.4 Å². The van der Waals surface area contributed by atoms with Crippen LogP contribution < -0.4 is 11.0 Å². The van der Waals surface area contributed by atoms with E-state index in [9.17, 15) is 14.0 Å². The first-order chi connectivity index (χ1) is 9.01. The van der Waals surface area contributed by atoms with Gasteiger partial charge in [0.15, 0.2) is 0 Å². The van der Waals surface area contributed by atoms with Crippen molar-refractivity contribution in [3.63, 3.8) is 0 Å². The molecule has 0 fully saturated rings. The third-order valence-corrected chi connectivity index (χ3v) is 3.06. The van der Waals surface area contributed by atoms with Crippen LogP contribution in [0.2, 0.25) is 0 Å². The highest BCUT2D eigenvalue weighted by atomic mass is 19.1. The number of fused-ring (bicyclic) bond motifs is 1. The van der Waals surface area contributed by atoms with E-state index in [4.69, 9.17) is 0 Å². The van der Waals surface area contributed by atoms with E-state index in [1.54, 1.807) is 0 Å². The van der Waals surface area contributed by atoms with Crippen LogP contribution in [0.5, 0.6) is 0 Å². The Kier molecular flexibility index (Phi) is 3.69. The summed E-state index contributed by atoms with van der Waals surface area (Å²) in [6.45, 7) is 3.78. The van der Waals surface area contributed by atoms with Gasteiger partial charge in [-0.05, 0) is 31.5 Å². The van der Waals surface area contributed by atoms with E-state index >= 15 is 0 Å². The molecule has 0 saturated carbocycles. The van der Waals surface area contributed by atoms with Gasteiger partial charge in [0.2, 0.25) is 5.91 Å². The number of benzene rings is 1. The maximum absolute atomic E-state index is 13.0. The Labute approximate surface area is 109 Å². The zero-order chi connectivity index (χ0) is 14.0. The van der Waals surface area contributed by atoms with Crippen LogP contribution in [0, 0.1) is 5.82 Å². The van der Waals surface area contributed by atoms with Gasteiger partial charge in [-0.3, -0.25) is 9.36 Å². The summed E-state index contributed by atoms with van der Waals surface area (Å²) in [6, 6.07) is 4.04. The maximum Gasteiger partial charge on any atom is 0.326 e. The molecule has 2 N–H and O–H groups in total. The zero-order valence-electron chi connectivity index (χ0n) is 10.9. The molecule has 0 bridgehead atoms. The number of nitrogens with zero attached hydrogens (tertiary/aromatic N) is 1. The smallest absolute Gasteiger partial charge is 0.326 e. The predicted molar refractivity (Wildman–Crippen MR) is 70.4 cm³/mol. The van der Waals surface area contributed by atoms with Gasteiger partial charge in [-0.15, -0.1) is 0 Å². The zero-order valence-corrected chi connectivity index (χ0v) is 10.9. The van der Waals surface area contributed by atoms with Crippen LogP contribution in [0.1, 0.15) is 20.3 Å². The molecule has 2 aromatic rings. The van der Waals surface area contributed by atoms with Crippen molar-refractivity contribution in [2.24, 2.45) is 0 Å². The van der Waals surface area contributed by atoms with Gasteiger partial charge in [-0.1, -0.05) is 6.92 Å². The number of aromatic nitrogens is 2. The van der Waals surface area contributed by atoms with E-state index in [0.29, 0.717) is 11.0 Å². The molecule has 6 heteroatoms. The first-order valence-electron chi connectivity index (χ1n) is 6.18. The highest BCUT2D eigenvalue weighted by molar-refractivity contribution is 5.80. The van der Waals surface area contributed by atoms with Gasteiger partial charge in [0.25, 0.3) is 0 Å². The topological polar surface area (TPSA) is 66.9 Å². The molecule has 1 amide bonds. The summed E-state index contributed by atoms with van der Waals surface area (Å²) < 4.78 is 14.3. The second kappa shape index (κ2) is 5.26. The van der Waals surface area contributed by atoms with Crippen LogP contribution in [0.4, 0.5) is 4.39 Å². The van der Waals surface area contributed by atoms with Crippen molar-refractivity contribution >= 4 is 16.9 Å². The van der Waals surface area contributed by atoms with E-state index in [2.05, 4.69) is 10.3 Å². The number of halogens is 1. The molecule has 0 saturated heterocycles. The molecule has 1 unspecified atom stereocenters. The number of hydrogen-bond donors (Lipinski definition) is 2. The summed E-state index contributed by atoms with van der Waals surface area (Å²) in [4.78, 5) is 26.1. The van der Waals surface area contributed by atoms with Crippen molar-refractivity contribution < 1.29 is 9.18 Å². The Balaban J connectivity index is 2.28. The molecule has 2 rings (SSSR count). The number of amides is 1. The maximum atomic E-state index is 13.0. The number of carbonyl (C=O) groups is 1. The van der Waals surface area contributed by atoms with E-state index in [0.717, 1.165) is 6.42 Å². The highest BCUT2D eigenvalue weighted by Crippen LogP contribution is 2.11. The standard InChI is InChI=1S/C13H16FN3O2/c1-3-8(2)15-12(18)7-17-11-5-4-9(14)6-10(11)16-13(17)19/h4-6,8H,3,7H2,1-2H3,(H,15,18)(H,16,19). The fourth-order valence-corrected chi connectivity index (χ4v) is 1.86. The SMILES string of the molecule is CCC(C)NC(=O)Cn1c(=O)[nH]c2cc(F)ccc21. The molecule has 102 valence electrons. The molecule has 0 aliphatic rings. The fourth-order valence-electron chi connectivity index (χ4n) is 1.86. The Morgan fingerprint density at radius 2 is 2.26 bits per heavy atom. The minimum absolute atomic E-state index is 0.0610. The summed E-state index contributed by atoms with van der Waals surface area (Å²) >= 11 is 0. The van der Waals surface area contributed by atoms with Gasteiger partial charge < -0.3 is 10.3 Å². The van der Waals surface area contributed by atoms with Crippen molar-refractivity contribution in [3.8, 4) is 0 Å². The summed E-state index contributed by atoms with van der Waals surface area (Å²) in [5, 5.41) is 2.78. The molecular weight excluding hydrogens is 249 g/mol. The number of carbonyl (C=O) groups excluding carboxylic acids is 1. The molecular formula is C13H16FN3O2. The average molecular weight is 265 g/mol. The number of rotatable bonds is 4. The quantitative estimate of drug-likeness (QED) is 0.877. The van der Waals surface area contributed by atoms with Gasteiger partial charge in [-0.25, -0.2) is 9.18 Å². The van der Waals surface area contributed by atoms with Crippen molar-refractivity contribution in [2.45, 2.75) is 32.9 Å². The molecule has 0 aliphatic carbocycles. The summed E-state index contributed by atoms with van der Waals surface area (Å²) in [7, 11) is 0. The molecule has 1 heterocycles. The Bertz CT molecular complexity index is 659. The van der Waals surface area contributed by atoms with Crippen LogP contribution >= 0.6 is 0 Å². The van der Waals surface area contributed by atoms with Crippen molar-refractivity contribution in [1.29, 1.82) is 0 Å². The lowest BCUT2D eigenvalue weighted by molar-refractivity contribution is -0.122. The largest absolute Gasteiger partial charge is 0.352 e. The Hall–Kier alpha value is -2.11. The Morgan fingerprint density at radius 3 is 2.95 bits per heavy atom. The van der Waals surface area contributed by atoms with Crippen molar-refractivity contribution in [3.05, 3.63) is 34.5 Å². The van der Waals surface area contributed by atoms with Gasteiger partial charge >= 0.3 is 5.69 Å². The highest BCUT2D eigenvalue weighted by Gasteiger charge is 2.12. The minimum atomic E-state index is -0.426. The van der Waals surface area contributed by atoms with E-state index in [-0.39, 0.29) is 18.5 Å². The third-order valence-electron chi connectivity index (χ3n) is 3.06. The number of imidazole rings is 1. The number of aromatic amines is 1. The van der Waals surface area contributed by atoms with Crippen molar-refractivity contribution in [2.75, 3.05) is 0 Å². The average Bonchev–Trinajstić information content (AvgIpc) is 2.64. The second-order valence-electron chi connectivity index (χ2n) is 4.55. The first kappa shape index (κ1) is 13.3. The van der Waals surface area contributed by atoms with E-state index < -0.39 is 11.5 Å². The lowest BCUT2D eigenvalue weighted by Gasteiger charge is -2.11. The molecule has 1 atom stereocenters. The lowest BCUT2D eigenvalue weighted by Crippen LogP contribution is -2.36. The molecule has 1 aromatic heterocycles. The molecule has 0 radical (unpaired) electrons. The molecule has 0 spiro atoms. The van der Waals surface area contributed by atoms with Crippen LogP contribution in [-0.2, 0) is 11.3 Å². The monoisotopic (exact) mass is 265 g/mol. The number of hydrogen-bond acceptors (Lipinski definition) is 2. The van der Waals surface area contributed by atoms with Crippen LogP contribution in [0.25, 0.3) is 11.0 Å². The van der Waals surface area contributed by atoms with E-state index in [1.807, 2.05) is 13.8 Å². The van der Waals surface area contributed by atoms with E-state index in [1.165, 1.54) is 22.8 Å². The molecule has 19 heavy (non-hydrogen) atoms. The minimum Gasteiger partial charge on any atom is -0.352 e. The number of nitrogens with one attached hydrogen (secondary N) is 2. The summed E-state index contributed by atoms with van der Waals surface area (Å²) in [5.74, 6) is -0.661. The predicted octanol–water partition coefficient (Wildman–Crippen LogP) is 1.38. The third kappa shape index (κ3) is 2.83. The van der Waals surface area contributed by atoms with Gasteiger partial charge in [0.05, 0.1) is 11.0 Å². The molecule has 0 aliphatic heterocycles. The van der Waals surface area contributed by atoms with Crippen LogP contribution in [0.15, 0.2) is 23.0 Å². The second-order valence-corrected chi connectivity index (χ2v) is 4.55.